The van der Waals surface area contributed by atoms with Crippen molar-refractivity contribution in [3.8, 4) is 11.5 Å². The Kier molecular flexibility index (Phi) is 3.90. The fourth-order valence-corrected chi connectivity index (χ4v) is 2.53. The van der Waals surface area contributed by atoms with Gasteiger partial charge in [0.05, 0.1) is 0 Å². The second-order valence-corrected chi connectivity index (χ2v) is 6.08. The number of ether oxygens (including phenoxy) is 2. The number of hydrogen-bond acceptors (Lipinski definition) is 5. The van der Waals surface area contributed by atoms with Crippen LogP contribution in [-0.2, 0) is 14.1 Å². The molecule has 0 radical (unpaired) electrons. The highest BCUT2D eigenvalue weighted by molar-refractivity contribution is 6.03. The van der Waals surface area contributed by atoms with Gasteiger partial charge in [-0.2, -0.15) is 0 Å². The standard InChI is InChI=1S/C17H19N3O5/c1-5-17(2)24-12-7-6-10(8-13(12)25-17)18-15(22)11-9-14(21)20(4)16(23)19(11)3/h6-9H,5H2,1-4H3,(H,18,22)/t17-/m1/s1. The lowest BCUT2D eigenvalue weighted by Gasteiger charge is -2.20. The molecule has 8 heteroatoms. The van der Waals surface area contributed by atoms with Crippen LogP contribution in [0, 0.1) is 0 Å². The monoisotopic (exact) mass is 345 g/mol. The summed E-state index contributed by atoms with van der Waals surface area (Å²) in [5.74, 6) is -0.154. The van der Waals surface area contributed by atoms with Gasteiger partial charge in [0.15, 0.2) is 11.5 Å². The first-order valence-corrected chi connectivity index (χ1v) is 7.84. The lowest BCUT2D eigenvalue weighted by Crippen LogP contribution is -2.40. The third-order valence-corrected chi connectivity index (χ3v) is 4.25. The molecule has 1 atom stereocenters. The summed E-state index contributed by atoms with van der Waals surface area (Å²) in [7, 11) is 2.79. The van der Waals surface area contributed by atoms with E-state index in [1.165, 1.54) is 14.1 Å². The summed E-state index contributed by atoms with van der Waals surface area (Å²) in [6.07, 6.45) is 0.665. The third-order valence-electron chi connectivity index (χ3n) is 4.25. The molecular formula is C17H19N3O5. The van der Waals surface area contributed by atoms with Crippen LogP contribution < -0.4 is 26.0 Å². The number of carbonyl (C=O) groups excluding carboxylic acids is 1. The number of hydrogen-bond donors (Lipinski definition) is 1. The van der Waals surface area contributed by atoms with E-state index >= 15 is 0 Å². The number of aromatic nitrogens is 2. The number of carbonyl (C=O) groups is 1. The van der Waals surface area contributed by atoms with Crippen molar-refractivity contribution in [3.63, 3.8) is 0 Å². The Bertz CT molecular complexity index is 975. The van der Waals surface area contributed by atoms with Gasteiger partial charge in [-0.1, -0.05) is 6.92 Å². The second-order valence-electron chi connectivity index (χ2n) is 6.08. The van der Waals surface area contributed by atoms with Gasteiger partial charge >= 0.3 is 5.69 Å². The highest BCUT2D eigenvalue weighted by Gasteiger charge is 2.35. The number of amides is 1. The zero-order chi connectivity index (χ0) is 18.4. The third kappa shape index (κ3) is 2.90. The van der Waals surface area contributed by atoms with Gasteiger partial charge in [-0.3, -0.25) is 18.7 Å². The molecule has 1 aliphatic rings. The molecule has 0 fully saturated rings. The van der Waals surface area contributed by atoms with Crippen LogP contribution in [0.1, 0.15) is 30.8 Å². The number of nitrogens with one attached hydrogen (secondary N) is 1. The quantitative estimate of drug-likeness (QED) is 0.903. The Balaban J connectivity index is 1.88. The molecule has 0 unspecified atom stereocenters. The summed E-state index contributed by atoms with van der Waals surface area (Å²) in [6.45, 7) is 3.78. The number of benzene rings is 1. The van der Waals surface area contributed by atoms with Crippen LogP contribution in [0.25, 0.3) is 0 Å². The van der Waals surface area contributed by atoms with Crippen LogP contribution in [0.3, 0.4) is 0 Å². The summed E-state index contributed by atoms with van der Waals surface area (Å²) in [5, 5.41) is 2.67. The minimum absolute atomic E-state index is 0.0239. The Labute approximate surface area is 143 Å². The van der Waals surface area contributed by atoms with Crippen LogP contribution in [0.5, 0.6) is 11.5 Å². The second kappa shape index (κ2) is 5.80. The fraction of sp³-hybridized carbons (Fsp3) is 0.353. The van der Waals surface area contributed by atoms with E-state index in [2.05, 4.69) is 5.32 Å². The molecular weight excluding hydrogens is 326 g/mol. The van der Waals surface area contributed by atoms with Gasteiger partial charge in [0.25, 0.3) is 11.5 Å². The Morgan fingerprint density at radius 1 is 1.12 bits per heavy atom. The molecule has 1 N–H and O–H groups in total. The van der Waals surface area contributed by atoms with Crippen molar-refractivity contribution in [3.05, 3.63) is 50.8 Å². The van der Waals surface area contributed by atoms with Crippen molar-refractivity contribution in [2.24, 2.45) is 14.1 Å². The summed E-state index contributed by atoms with van der Waals surface area (Å²) in [4.78, 5) is 36.1. The number of nitrogens with zero attached hydrogens (tertiary/aromatic N) is 2. The van der Waals surface area contributed by atoms with Gasteiger partial charge in [-0.15, -0.1) is 0 Å². The predicted octanol–water partition coefficient (Wildman–Crippen LogP) is 1.23. The van der Waals surface area contributed by atoms with Gasteiger partial charge < -0.3 is 14.8 Å². The van der Waals surface area contributed by atoms with E-state index in [0.29, 0.717) is 23.6 Å². The molecule has 0 saturated carbocycles. The molecule has 3 rings (SSSR count). The maximum Gasteiger partial charge on any atom is 0.331 e. The summed E-state index contributed by atoms with van der Waals surface area (Å²) >= 11 is 0. The average molecular weight is 345 g/mol. The van der Waals surface area contributed by atoms with Crippen molar-refractivity contribution >= 4 is 11.6 Å². The van der Waals surface area contributed by atoms with Crippen LogP contribution in [-0.4, -0.2) is 20.8 Å². The molecule has 0 aliphatic carbocycles. The minimum atomic E-state index is -0.722. The first-order valence-electron chi connectivity index (χ1n) is 7.84. The zero-order valence-corrected chi connectivity index (χ0v) is 14.5. The number of rotatable bonds is 3. The SMILES string of the molecule is CC[C@]1(C)Oc2ccc(NC(=O)c3cc(=O)n(C)c(=O)n3C)cc2O1. The van der Waals surface area contributed by atoms with E-state index in [-0.39, 0.29) is 5.69 Å². The molecule has 2 aromatic rings. The summed E-state index contributed by atoms with van der Waals surface area (Å²) in [5.41, 5.74) is -0.662. The van der Waals surface area contributed by atoms with Crippen LogP contribution in [0.2, 0.25) is 0 Å². The van der Waals surface area contributed by atoms with Gasteiger partial charge in [0.2, 0.25) is 5.79 Å². The lowest BCUT2D eigenvalue weighted by atomic mass is 10.2. The maximum atomic E-state index is 12.4. The van der Waals surface area contributed by atoms with Crippen molar-refractivity contribution < 1.29 is 14.3 Å². The van der Waals surface area contributed by atoms with Gasteiger partial charge in [-0.05, 0) is 12.1 Å². The van der Waals surface area contributed by atoms with Crippen molar-refractivity contribution in [1.29, 1.82) is 0 Å². The first-order chi connectivity index (χ1) is 11.7. The zero-order valence-electron chi connectivity index (χ0n) is 14.5. The molecule has 2 heterocycles. The van der Waals surface area contributed by atoms with Crippen molar-refractivity contribution in [2.45, 2.75) is 26.1 Å². The molecule has 1 aromatic carbocycles. The van der Waals surface area contributed by atoms with Crippen LogP contribution >= 0.6 is 0 Å². The maximum absolute atomic E-state index is 12.4. The minimum Gasteiger partial charge on any atom is -0.449 e. The van der Waals surface area contributed by atoms with E-state index < -0.39 is 22.9 Å². The van der Waals surface area contributed by atoms with Gasteiger partial charge in [-0.25, -0.2) is 4.79 Å². The summed E-state index contributed by atoms with van der Waals surface area (Å²) < 4.78 is 13.6. The highest BCUT2D eigenvalue weighted by atomic mass is 16.7. The van der Waals surface area contributed by atoms with E-state index in [4.69, 9.17) is 9.47 Å². The van der Waals surface area contributed by atoms with Crippen molar-refractivity contribution in [1.82, 2.24) is 9.13 Å². The molecule has 132 valence electrons. The molecule has 8 nitrogen and oxygen atoms in total. The smallest absolute Gasteiger partial charge is 0.331 e. The van der Waals surface area contributed by atoms with E-state index in [1.807, 2.05) is 13.8 Å². The Morgan fingerprint density at radius 3 is 2.48 bits per heavy atom. The molecule has 1 aromatic heterocycles. The predicted molar refractivity (Wildman–Crippen MR) is 91.3 cm³/mol. The molecule has 0 saturated heterocycles. The normalized spacial score (nSPS) is 18.2. The molecule has 0 spiro atoms. The fourth-order valence-electron chi connectivity index (χ4n) is 2.53. The van der Waals surface area contributed by atoms with Crippen LogP contribution in [0.15, 0.2) is 33.9 Å². The summed E-state index contributed by atoms with van der Waals surface area (Å²) in [6, 6.07) is 6.14. The van der Waals surface area contributed by atoms with E-state index in [0.717, 1.165) is 15.2 Å². The van der Waals surface area contributed by atoms with E-state index in [1.54, 1.807) is 18.2 Å². The molecule has 1 amide bonds. The Morgan fingerprint density at radius 2 is 1.80 bits per heavy atom. The lowest BCUT2D eigenvalue weighted by molar-refractivity contribution is -0.0640. The molecule has 25 heavy (non-hydrogen) atoms. The largest absolute Gasteiger partial charge is 0.449 e. The van der Waals surface area contributed by atoms with Crippen LogP contribution in [0.4, 0.5) is 5.69 Å². The van der Waals surface area contributed by atoms with Gasteiger partial charge in [0, 0.05) is 45.3 Å². The average Bonchev–Trinajstić information content (AvgIpc) is 2.92. The van der Waals surface area contributed by atoms with E-state index in [9.17, 15) is 14.4 Å². The van der Waals surface area contributed by atoms with Crippen molar-refractivity contribution in [2.75, 3.05) is 5.32 Å². The molecule has 1 aliphatic heterocycles. The highest BCUT2D eigenvalue weighted by Crippen LogP contribution is 2.42. The Hall–Kier alpha value is -3.03. The number of fused-ring (bicyclic) bond motifs is 1. The number of anilines is 1. The topological polar surface area (TPSA) is 91.6 Å². The van der Waals surface area contributed by atoms with Gasteiger partial charge in [0.1, 0.15) is 5.69 Å². The first kappa shape index (κ1) is 16.8. The molecule has 0 bridgehead atoms.